The smallest absolute Gasteiger partial charge is 0.227 e. The van der Waals surface area contributed by atoms with Crippen LogP contribution in [-0.4, -0.2) is 35.1 Å². The molecule has 2 atom stereocenters. The number of rotatable bonds is 5. The lowest BCUT2D eigenvalue weighted by Crippen LogP contribution is -2.64. The van der Waals surface area contributed by atoms with E-state index in [4.69, 9.17) is 9.15 Å². The van der Waals surface area contributed by atoms with Gasteiger partial charge in [-0.15, -0.1) is 0 Å². The molecule has 3 aromatic rings. The van der Waals surface area contributed by atoms with Gasteiger partial charge in [0.2, 0.25) is 5.89 Å². The average molecular weight is 403 g/mol. The predicted molar refractivity (Wildman–Crippen MR) is 118 cm³/mol. The highest BCUT2D eigenvalue weighted by Gasteiger charge is 2.59. The summed E-state index contributed by atoms with van der Waals surface area (Å²) in [4.78, 5) is 7.10. The Morgan fingerprint density at radius 1 is 1.00 bits per heavy atom. The van der Waals surface area contributed by atoms with Crippen LogP contribution in [0.2, 0.25) is 0 Å². The van der Waals surface area contributed by atoms with E-state index in [1.54, 1.807) is 0 Å². The molecule has 2 aromatic carbocycles. The minimum atomic E-state index is 0.0767. The number of hydrogen-bond donors (Lipinski definition) is 0. The molecule has 0 aliphatic heterocycles. The summed E-state index contributed by atoms with van der Waals surface area (Å²) in [5, 5.41) is 0. The van der Waals surface area contributed by atoms with Crippen molar-refractivity contribution in [3.05, 3.63) is 54.1 Å². The standard InChI is InChI=1S/C26H30N2O2/c1-28(2)25-12-19-11-20(13-25)15-26(14-19,17-25)29-16-18-7-9-21(10-8-18)24-27-22-5-3-4-6-23(22)30-24/h3-10,19-20H,11-17H2,1-2H3. The van der Waals surface area contributed by atoms with Crippen molar-refractivity contribution < 1.29 is 9.15 Å². The van der Waals surface area contributed by atoms with E-state index >= 15 is 0 Å². The molecule has 0 saturated heterocycles. The normalized spacial score (nSPS) is 32.4. The predicted octanol–water partition coefficient (Wildman–Crippen LogP) is 5.66. The topological polar surface area (TPSA) is 38.5 Å². The lowest BCUT2D eigenvalue weighted by Gasteiger charge is -2.63. The lowest BCUT2D eigenvalue weighted by molar-refractivity contribution is -0.199. The summed E-state index contributed by atoms with van der Waals surface area (Å²) >= 11 is 0. The van der Waals surface area contributed by atoms with E-state index in [1.807, 2.05) is 24.3 Å². The molecule has 4 aliphatic carbocycles. The molecule has 4 nitrogen and oxygen atoms in total. The molecule has 1 heterocycles. The van der Waals surface area contributed by atoms with Crippen LogP contribution in [0.4, 0.5) is 0 Å². The summed E-state index contributed by atoms with van der Waals surface area (Å²) in [6.45, 7) is 0.691. The number of oxazole rings is 1. The summed E-state index contributed by atoms with van der Waals surface area (Å²) in [6.07, 6.45) is 7.84. The molecule has 4 aliphatic rings. The number of benzene rings is 2. The second-order valence-corrected chi connectivity index (χ2v) is 10.2. The van der Waals surface area contributed by atoms with Crippen LogP contribution in [-0.2, 0) is 11.3 Å². The number of para-hydroxylation sites is 2. The Labute approximate surface area is 178 Å². The van der Waals surface area contributed by atoms with Crippen molar-refractivity contribution in [2.45, 2.75) is 56.3 Å². The Bertz CT molecular complexity index is 1020. The maximum atomic E-state index is 6.73. The van der Waals surface area contributed by atoms with Crippen LogP contribution in [0.1, 0.15) is 44.1 Å². The molecule has 7 rings (SSSR count). The van der Waals surface area contributed by atoms with E-state index in [0.717, 1.165) is 28.5 Å². The van der Waals surface area contributed by atoms with Gasteiger partial charge in [0.15, 0.2) is 5.58 Å². The van der Waals surface area contributed by atoms with Crippen molar-refractivity contribution in [1.82, 2.24) is 9.88 Å². The molecule has 4 bridgehead atoms. The van der Waals surface area contributed by atoms with Gasteiger partial charge >= 0.3 is 0 Å². The van der Waals surface area contributed by atoms with E-state index in [-0.39, 0.29) is 5.60 Å². The Morgan fingerprint density at radius 2 is 1.73 bits per heavy atom. The number of ether oxygens (including phenoxy) is 1. The second kappa shape index (κ2) is 6.66. The van der Waals surface area contributed by atoms with Crippen LogP contribution in [0, 0.1) is 11.8 Å². The first-order valence-corrected chi connectivity index (χ1v) is 11.3. The van der Waals surface area contributed by atoms with E-state index in [0.29, 0.717) is 18.0 Å². The fraction of sp³-hybridized carbons (Fsp3) is 0.500. The summed E-state index contributed by atoms with van der Waals surface area (Å²) in [7, 11) is 4.54. The van der Waals surface area contributed by atoms with Crippen LogP contribution < -0.4 is 0 Å². The highest BCUT2D eigenvalue weighted by molar-refractivity contribution is 5.75. The van der Waals surface area contributed by atoms with Gasteiger partial charge < -0.3 is 14.1 Å². The quantitative estimate of drug-likeness (QED) is 0.552. The fourth-order valence-electron chi connectivity index (χ4n) is 6.80. The summed E-state index contributed by atoms with van der Waals surface area (Å²) in [5.41, 5.74) is 4.41. The van der Waals surface area contributed by atoms with Crippen LogP contribution in [0.5, 0.6) is 0 Å². The molecule has 4 heteroatoms. The minimum Gasteiger partial charge on any atom is -0.436 e. The van der Waals surface area contributed by atoms with Crippen molar-refractivity contribution in [2.75, 3.05) is 14.1 Å². The van der Waals surface area contributed by atoms with Crippen molar-refractivity contribution in [1.29, 1.82) is 0 Å². The third kappa shape index (κ3) is 3.00. The van der Waals surface area contributed by atoms with Crippen LogP contribution in [0.25, 0.3) is 22.6 Å². The zero-order valence-electron chi connectivity index (χ0n) is 17.9. The molecule has 4 saturated carbocycles. The van der Waals surface area contributed by atoms with Gasteiger partial charge in [-0.2, -0.15) is 0 Å². The van der Waals surface area contributed by atoms with Crippen molar-refractivity contribution in [3.63, 3.8) is 0 Å². The summed E-state index contributed by atoms with van der Waals surface area (Å²) in [5.74, 6) is 2.36. The van der Waals surface area contributed by atoms with Gasteiger partial charge in [0.05, 0.1) is 12.2 Å². The molecular weight excluding hydrogens is 372 g/mol. The minimum absolute atomic E-state index is 0.0767. The lowest BCUT2D eigenvalue weighted by atomic mass is 9.50. The van der Waals surface area contributed by atoms with E-state index in [1.165, 1.54) is 44.1 Å². The molecule has 1 aromatic heterocycles. The Hall–Kier alpha value is -2.17. The largest absolute Gasteiger partial charge is 0.436 e. The molecule has 156 valence electrons. The fourth-order valence-corrected chi connectivity index (χ4v) is 6.80. The molecule has 4 fully saturated rings. The molecule has 0 spiro atoms. The molecule has 0 N–H and O–H groups in total. The van der Waals surface area contributed by atoms with E-state index in [2.05, 4.69) is 48.2 Å². The molecule has 30 heavy (non-hydrogen) atoms. The number of aromatic nitrogens is 1. The van der Waals surface area contributed by atoms with Gasteiger partial charge in [-0.3, -0.25) is 0 Å². The van der Waals surface area contributed by atoms with Gasteiger partial charge in [-0.1, -0.05) is 24.3 Å². The van der Waals surface area contributed by atoms with Gasteiger partial charge in [-0.05, 0) is 94.3 Å². The Morgan fingerprint density at radius 3 is 2.43 bits per heavy atom. The van der Waals surface area contributed by atoms with E-state index < -0.39 is 0 Å². The van der Waals surface area contributed by atoms with Crippen LogP contribution in [0.3, 0.4) is 0 Å². The average Bonchev–Trinajstić information content (AvgIpc) is 3.16. The highest BCUT2D eigenvalue weighted by atomic mass is 16.5. The summed E-state index contributed by atoms with van der Waals surface area (Å²) in [6, 6.07) is 16.4. The number of fused-ring (bicyclic) bond motifs is 1. The zero-order valence-corrected chi connectivity index (χ0v) is 17.9. The van der Waals surface area contributed by atoms with Crippen LogP contribution >= 0.6 is 0 Å². The first-order chi connectivity index (χ1) is 14.5. The van der Waals surface area contributed by atoms with Crippen LogP contribution in [0.15, 0.2) is 52.9 Å². The number of nitrogens with zero attached hydrogens (tertiary/aromatic N) is 2. The summed E-state index contributed by atoms with van der Waals surface area (Å²) < 4.78 is 12.6. The molecule has 2 unspecified atom stereocenters. The second-order valence-electron chi connectivity index (χ2n) is 10.2. The monoisotopic (exact) mass is 402 g/mol. The zero-order chi connectivity index (χ0) is 20.3. The Balaban J connectivity index is 1.18. The molecule has 0 amide bonds. The van der Waals surface area contributed by atoms with Gasteiger partial charge in [0, 0.05) is 11.1 Å². The first-order valence-electron chi connectivity index (χ1n) is 11.3. The first kappa shape index (κ1) is 18.6. The molecular formula is C26H30N2O2. The third-order valence-electron chi connectivity index (χ3n) is 7.97. The maximum absolute atomic E-state index is 6.73. The highest BCUT2D eigenvalue weighted by Crippen LogP contribution is 2.60. The van der Waals surface area contributed by atoms with Crippen molar-refractivity contribution in [3.8, 4) is 11.5 Å². The van der Waals surface area contributed by atoms with E-state index in [9.17, 15) is 0 Å². The molecule has 0 radical (unpaired) electrons. The van der Waals surface area contributed by atoms with Gasteiger partial charge in [0.25, 0.3) is 0 Å². The van der Waals surface area contributed by atoms with Gasteiger partial charge in [0.1, 0.15) is 5.52 Å². The maximum Gasteiger partial charge on any atom is 0.227 e. The third-order valence-corrected chi connectivity index (χ3v) is 7.97. The van der Waals surface area contributed by atoms with Crippen molar-refractivity contribution >= 4 is 11.1 Å². The van der Waals surface area contributed by atoms with Crippen molar-refractivity contribution in [2.24, 2.45) is 11.8 Å². The number of hydrogen-bond acceptors (Lipinski definition) is 4. The SMILES string of the molecule is CN(C)C12CC3CC(CC(OCc4ccc(-c5nc6ccccc6o5)cc4)(C3)C1)C2. The Kier molecular flexibility index (Phi) is 4.13. The van der Waals surface area contributed by atoms with Gasteiger partial charge in [-0.25, -0.2) is 4.98 Å².